The van der Waals surface area contributed by atoms with Crippen LogP contribution >= 0.6 is 0 Å². The number of hydrogen-bond donors (Lipinski definition) is 2. The number of fused-ring (bicyclic) bond motifs is 1. The summed E-state index contributed by atoms with van der Waals surface area (Å²) in [6.07, 6.45) is 5.76. The van der Waals surface area contributed by atoms with Crippen LogP contribution in [0.25, 0.3) is 23.0 Å². The standard InChI is InChI=1S/C25H26N6O3/c32-23-12-18(25(33)29-23)11-19-14-26-31-22(27-20-4-5-20)13-21(28-24(19)31)17-3-1-2-16(10-17)15-30-6-8-34-9-7-30/h1-3,10-11,13-14,20,27H,4-9,12,15H2,(H,29,32,33)/b18-11+. The molecule has 3 aliphatic rings. The lowest BCUT2D eigenvalue weighted by molar-refractivity contribution is -0.124. The second-order valence-corrected chi connectivity index (χ2v) is 9.09. The van der Waals surface area contributed by atoms with E-state index in [2.05, 4.69) is 44.9 Å². The van der Waals surface area contributed by atoms with Crippen LogP contribution < -0.4 is 10.6 Å². The van der Waals surface area contributed by atoms with Gasteiger partial charge in [-0.1, -0.05) is 18.2 Å². The summed E-state index contributed by atoms with van der Waals surface area (Å²) in [5, 5.41) is 10.4. The molecule has 9 nitrogen and oxygen atoms in total. The smallest absolute Gasteiger partial charge is 0.254 e. The van der Waals surface area contributed by atoms with Gasteiger partial charge in [0.1, 0.15) is 5.82 Å². The van der Waals surface area contributed by atoms with Crippen LogP contribution in [-0.2, 0) is 20.9 Å². The van der Waals surface area contributed by atoms with Crippen molar-refractivity contribution < 1.29 is 14.3 Å². The number of ether oxygens (including phenoxy) is 1. The average molecular weight is 459 g/mol. The van der Waals surface area contributed by atoms with E-state index < -0.39 is 0 Å². The Morgan fingerprint density at radius 2 is 2.03 bits per heavy atom. The number of amides is 2. The molecule has 0 spiro atoms. The number of carbonyl (C=O) groups excluding carboxylic acids is 2. The largest absolute Gasteiger partial charge is 0.379 e. The average Bonchev–Trinajstić information content (AvgIpc) is 3.48. The van der Waals surface area contributed by atoms with Crippen LogP contribution in [0.1, 0.15) is 30.4 Å². The van der Waals surface area contributed by atoms with E-state index in [-0.39, 0.29) is 18.2 Å². The fourth-order valence-electron chi connectivity index (χ4n) is 4.42. The van der Waals surface area contributed by atoms with Gasteiger partial charge in [-0.2, -0.15) is 9.61 Å². The molecule has 2 saturated heterocycles. The molecule has 3 fully saturated rings. The molecular weight excluding hydrogens is 432 g/mol. The maximum absolute atomic E-state index is 12.1. The Kier molecular flexibility index (Phi) is 5.35. The molecule has 2 amide bonds. The third-order valence-electron chi connectivity index (χ3n) is 6.39. The molecule has 1 aromatic carbocycles. The number of rotatable bonds is 6. The van der Waals surface area contributed by atoms with E-state index in [0.29, 0.717) is 22.8 Å². The van der Waals surface area contributed by atoms with Gasteiger partial charge >= 0.3 is 0 Å². The zero-order valence-electron chi connectivity index (χ0n) is 18.8. The van der Waals surface area contributed by atoms with Crippen molar-refractivity contribution >= 4 is 29.4 Å². The predicted octanol–water partition coefficient (Wildman–Crippen LogP) is 2.23. The first kappa shape index (κ1) is 21.0. The van der Waals surface area contributed by atoms with E-state index in [1.54, 1.807) is 16.8 Å². The van der Waals surface area contributed by atoms with Crippen LogP contribution in [-0.4, -0.2) is 63.7 Å². The number of carbonyl (C=O) groups is 2. The fourth-order valence-corrected chi connectivity index (χ4v) is 4.42. The minimum absolute atomic E-state index is 0.0760. The van der Waals surface area contributed by atoms with E-state index in [1.807, 2.05) is 6.07 Å². The maximum atomic E-state index is 12.1. The van der Waals surface area contributed by atoms with E-state index in [9.17, 15) is 9.59 Å². The predicted molar refractivity (Wildman–Crippen MR) is 127 cm³/mol. The van der Waals surface area contributed by atoms with E-state index in [0.717, 1.165) is 62.8 Å². The lowest BCUT2D eigenvalue weighted by Crippen LogP contribution is -2.35. The number of nitrogens with one attached hydrogen (secondary N) is 2. The summed E-state index contributed by atoms with van der Waals surface area (Å²) in [6.45, 7) is 4.30. The Balaban J connectivity index is 1.38. The summed E-state index contributed by atoms with van der Waals surface area (Å²) in [6, 6.07) is 10.9. The van der Waals surface area contributed by atoms with Gasteiger partial charge in [-0.15, -0.1) is 0 Å². The van der Waals surface area contributed by atoms with Crippen LogP contribution in [0.3, 0.4) is 0 Å². The van der Waals surface area contributed by atoms with Crippen molar-refractivity contribution in [2.75, 3.05) is 31.6 Å². The second-order valence-electron chi connectivity index (χ2n) is 9.09. The summed E-state index contributed by atoms with van der Waals surface area (Å²) in [5.41, 5.74) is 4.89. The zero-order chi connectivity index (χ0) is 23.1. The van der Waals surface area contributed by atoms with Crippen LogP contribution in [0, 0.1) is 0 Å². The lowest BCUT2D eigenvalue weighted by atomic mass is 10.1. The number of nitrogens with zero attached hydrogens (tertiary/aromatic N) is 4. The van der Waals surface area contributed by atoms with Crippen molar-refractivity contribution in [1.29, 1.82) is 0 Å². The van der Waals surface area contributed by atoms with Crippen molar-refractivity contribution in [1.82, 2.24) is 24.8 Å². The highest BCUT2D eigenvalue weighted by atomic mass is 16.5. The molecule has 3 aromatic rings. The highest BCUT2D eigenvalue weighted by molar-refractivity contribution is 6.15. The number of anilines is 1. The molecule has 9 heteroatoms. The molecule has 2 N–H and O–H groups in total. The van der Waals surface area contributed by atoms with Crippen molar-refractivity contribution in [3.8, 4) is 11.3 Å². The normalized spacial score (nSPS) is 20.3. The maximum Gasteiger partial charge on any atom is 0.254 e. The van der Waals surface area contributed by atoms with Crippen molar-refractivity contribution in [2.24, 2.45) is 0 Å². The van der Waals surface area contributed by atoms with Crippen molar-refractivity contribution in [2.45, 2.75) is 31.8 Å². The van der Waals surface area contributed by atoms with E-state index in [1.165, 1.54) is 5.56 Å². The summed E-state index contributed by atoms with van der Waals surface area (Å²) >= 11 is 0. The topological polar surface area (TPSA) is 101 Å². The first-order valence-corrected chi connectivity index (χ1v) is 11.7. The molecule has 2 aliphatic heterocycles. The van der Waals surface area contributed by atoms with Gasteiger partial charge in [0.15, 0.2) is 5.65 Å². The molecule has 1 saturated carbocycles. The van der Waals surface area contributed by atoms with E-state index >= 15 is 0 Å². The Labute approximate surface area is 196 Å². The van der Waals surface area contributed by atoms with Gasteiger partial charge < -0.3 is 10.1 Å². The first-order valence-electron chi connectivity index (χ1n) is 11.7. The number of aromatic nitrogens is 3. The van der Waals surface area contributed by atoms with Crippen LogP contribution in [0.4, 0.5) is 5.82 Å². The molecule has 1 aliphatic carbocycles. The van der Waals surface area contributed by atoms with Gasteiger partial charge in [-0.3, -0.25) is 19.8 Å². The summed E-state index contributed by atoms with van der Waals surface area (Å²) in [7, 11) is 0. The van der Waals surface area contributed by atoms with Crippen LogP contribution in [0.5, 0.6) is 0 Å². The molecule has 174 valence electrons. The van der Waals surface area contributed by atoms with E-state index in [4.69, 9.17) is 9.72 Å². The van der Waals surface area contributed by atoms with Crippen LogP contribution in [0.2, 0.25) is 0 Å². The third kappa shape index (κ3) is 4.32. The van der Waals surface area contributed by atoms with Gasteiger partial charge in [0.2, 0.25) is 5.91 Å². The zero-order valence-corrected chi connectivity index (χ0v) is 18.8. The van der Waals surface area contributed by atoms with Gasteiger partial charge in [0.25, 0.3) is 5.91 Å². The molecule has 0 unspecified atom stereocenters. The Morgan fingerprint density at radius 1 is 1.18 bits per heavy atom. The monoisotopic (exact) mass is 458 g/mol. The number of hydrogen-bond acceptors (Lipinski definition) is 7. The minimum Gasteiger partial charge on any atom is -0.379 e. The van der Waals surface area contributed by atoms with Gasteiger partial charge in [-0.25, -0.2) is 4.98 Å². The minimum atomic E-state index is -0.354. The lowest BCUT2D eigenvalue weighted by Gasteiger charge is -2.26. The molecule has 0 bridgehead atoms. The number of benzene rings is 1. The molecule has 4 heterocycles. The molecule has 34 heavy (non-hydrogen) atoms. The summed E-state index contributed by atoms with van der Waals surface area (Å²) in [5.74, 6) is 0.236. The number of imide groups is 1. The Hall–Kier alpha value is -3.56. The van der Waals surface area contributed by atoms with Gasteiger partial charge in [-0.05, 0) is 30.5 Å². The highest BCUT2D eigenvalue weighted by Crippen LogP contribution is 2.30. The molecule has 2 aromatic heterocycles. The highest BCUT2D eigenvalue weighted by Gasteiger charge is 2.26. The van der Waals surface area contributed by atoms with Gasteiger partial charge in [0.05, 0.1) is 31.5 Å². The second kappa shape index (κ2) is 8.66. The molecule has 6 rings (SSSR count). The van der Waals surface area contributed by atoms with Crippen LogP contribution in [0.15, 0.2) is 42.1 Å². The Bertz CT molecular complexity index is 1300. The number of morpholine rings is 1. The molecule has 0 radical (unpaired) electrons. The van der Waals surface area contributed by atoms with Crippen molar-refractivity contribution in [3.63, 3.8) is 0 Å². The Morgan fingerprint density at radius 3 is 2.79 bits per heavy atom. The van der Waals surface area contributed by atoms with Gasteiger partial charge in [0, 0.05) is 48.4 Å². The fraction of sp³-hybridized carbons (Fsp3) is 0.360. The SMILES string of the molecule is O=C1C/C(=C\c2cnn3c(NC4CC4)cc(-c4cccc(CN5CCOCC5)c4)nc23)C(=O)N1. The summed E-state index contributed by atoms with van der Waals surface area (Å²) < 4.78 is 7.25. The quantitative estimate of drug-likeness (QED) is 0.432. The molecular formula is C25H26N6O3. The van der Waals surface area contributed by atoms with Crippen molar-refractivity contribution in [3.05, 3.63) is 53.2 Å². The third-order valence-corrected chi connectivity index (χ3v) is 6.39. The summed E-state index contributed by atoms with van der Waals surface area (Å²) in [4.78, 5) is 31.0. The molecule has 0 atom stereocenters. The first-order chi connectivity index (χ1) is 16.6.